The maximum absolute atomic E-state index is 11.8. The molecule has 2 unspecified atom stereocenters. The van der Waals surface area contributed by atoms with E-state index < -0.39 is 23.2 Å². The minimum atomic E-state index is -1.23. The lowest BCUT2D eigenvalue weighted by Crippen LogP contribution is -2.37. The molecule has 1 rings (SSSR count). The topological polar surface area (TPSA) is 105 Å². The van der Waals surface area contributed by atoms with Crippen LogP contribution in [0.1, 0.15) is 17.3 Å². The van der Waals surface area contributed by atoms with Crippen molar-refractivity contribution in [1.29, 1.82) is 5.26 Å². The van der Waals surface area contributed by atoms with Crippen molar-refractivity contribution in [2.24, 2.45) is 0 Å². The Bertz CT molecular complexity index is 600. The van der Waals surface area contributed by atoms with Crippen LogP contribution >= 0.6 is 0 Å². The number of non-ortho nitro benzene ring substituents is 1. The first-order chi connectivity index (χ1) is 9.47. The molecule has 0 bridgehead atoms. The Kier molecular flexibility index (Phi) is 5.21. The number of carbonyl (C=O) groups is 1. The zero-order valence-electron chi connectivity index (χ0n) is 10.6. The van der Waals surface area contributed by atoms with Crippen LogP contribution in [0.3, 0.4) is 0 Å². The molecule has 7 nitrogen and oxygen atoms in total. The van der Waals surface area contributed by atoms with Crippen molar-refractivity contribution in [2.45, 2.75) is 19.3 Å². The van der Waals surface area contributed by atoms with Crippen LogP contribution in [0.2, 0.25) is 0 Å². The lowest BCUT2D eigenvalue weighted by molar-refractivity contribution is -0.384. The normalized spacial score (nSPS) is 12.6. The van der Waals surface area contributed by atoms with Crippen molar-refractivity contribution in [1.82, 2.24) is 5.32 Å². The zero-order chi connectivity index (χ0) is 15.1. The molecule has 7 heteroatoms. The maximum Gasteiger partial charge on any atom is 0.270 e. The van der Waals surface area contributed by atoms with Gasteiger partial charge in [0.2, 0.25) is 6.23 Å². The molecule has 1 N–H and O–H groups in total. The second-order valence-corrected chi connectivity index (χ2v) is 3.74. The number of rotatable bonds is 5. The second kappa shape index (κ2) is 6.88. The molecule has 0 spiro atoms. The highest BCUT2D eigenvalue weighted by Gasteiger charge is 2.17. The van der Waals surface area contributed by atoms with E-state index in [4.69, 9.17) is 16.4 Å². The predicted molar refractivity (Wildman–Crippen MR) is 69.3 cm³/mol. The van der Waals surface area contributed by atoms with Crippen LogP contribution in [-0.2, 0) is 4.74 Å². The summed E-state index contributed by atoms with van der Waals surface area (Å²) in [6, 6.07) is 6.85. The van der Waals surface area contributed by atoms with Crippen molar-refractivity contribution in [3.63, 3.8) is 0 Å². The largest absolute Gasteiger partial charge is 0.329 e. The third-order valence-corrected chi connectivity index (χ3v) is 2.27. The number of hydrogen-bond acceptors (Lipinski definition) is 5. The summed E-state index contributed by atoms with van der Waals surface area (Å²) in [5, 5.41) is 21.7. The van der Waals surface area contributed by atoms with Crippen LogP contribution in [-0.4, -0.2) is 23.2 Å². The molecule has 1 aromatic carbocycles. The molecule has 0 aromatic heterocycles. The third-order valence-electron chi connectivity index (χ3n) is 2.27. The van der Waals surface area contributed by atoms with Crippen molar-refractivity contribution in [3.05, 3.63) is 39.9 Å². The zero-order valence-corrected chi connectivity index (χ0v) is 10.6. The molecular weight excluding hydrogens is 262 g/mol. The molecule has 2 atom stereocenters. The molecule has 0 aliphatic carbocycles. The second-order valence-electron chi connectivity index (χ2n) is 3.74. The number of nitro benzene ring substituents is 1. The maximum atomic E-state index is 11.8. The Labute approximate surface area is 115 Å². The van der Waals surface area contributed by atoms with Gasteiger partial charge in [-0.25, -0.2) is 0 Å². The van der Waals surface area contributed by atoms with Gasteiger partial charge in [-0.05, 0) is 13.0 Å². The van der Waals surface area contributed by atoms with Gasteiger partial charge in [-0.2, -0.15) is 5.26 Å². The van der Waals surface area contributed by atoms with E-state index in [9.17, 15) is 14.9 Å². The van der Waals surface area contributed by atoms with Gasteiger partial charge in [-0.1, -0.05) is 12.0 Å². The summed E-state index contributed by atoms with van der Waals surface area (Å²) in [7, 11) is 0. The first-order valence-electron chi connectivity index (χ1n) is 5.54. The number of amides is 1. The highest BCUT2D eigenvalue weighted by molar-refractivity contribution is 5.95. The van der Waals surface area contributed by atoms with Gasteiger partial charge in [-0.3, -0.25) is 14.9 Å². The fraction of sp³-hybridized carbons (Fsp3) is 0.231. The Morgan fingerprint density at radius 1 is 1.60 bits per heavy atom. The van der Waals surface area contributed by atoms with Crippen LogP contribution < -0.4 is 5.32 Å². The van der Waals surface area contributed by atoms with Crippen LogP contribution in [0.5, 0.6) is 0 Å². The summed E-state index contributed by atoms with van der Waals surface area (Å²) < 4.78 is 5.06. The van der Waals surface area contributed by atoms with Crippen LogP contribution in [0, 0.1) is 33.8 Å². The number of nitrogens with one attached hydrogen (secondary N) is 1. The van der Waals surface area contributed by atoms with Gasteiger partial charge < -0.3 is 10.1 Å². The van der Waals surface area contributed by atoms with Crippen molar-refractivity contribution < 1.29 is 14.5 Å². The summed E-state index contributed by atoms with van der Waals surface area (Å²) in [5.41, 5.74) is -0.166. The number of nitro groups is 1. The van der Waals surface area contributed by atoms with E-state index in [1.807, 2.05) is 0 Å². The Hall–Kier alpha value is -2.90. The van der Waals surface area contributed by atoms with Crippen LogP contribution in [0.4, 0.5) is 5.69 Å². The van der Waals surface area contributed by atoms with E-state index in [0.29, 0.717) is 0 Å². The van der Waals surface area contributed by atoms with Crippen LogP contribution in [0.15, 0.2) is 24.3 Å². The summed E-state index contributed by atoms with van der Waals surface area (Å²) in [5.74, 6) is 1.59. The fourth-order valence-electron chi connectivity index (χ4n) is 1.30. The minimum absolute atomic E-state index is 0.0522. The number of ether oxygens (including phenoxy) is 1. The quantitative estimate of drug-likeness (QED) is 0.375. The van der Waals surface area contributed by atoms with E-state index in [1.165, 1.54) is 18.2 Å². The van der Waals surface area contributed by atoms with Crippen LogP contribution in [0.25, 0.3) is 0 Å². The Balaban J connectivity index is 2.80. The van der Waals surface area contributed by atoms with Gasteiger partial charge in [-0.15, -0.1) is 6.42 Å². The first-order valence-corrected chi connectivity index (χ1v) is 5.54. The highest BCUT2D eigenvalue weighted by atomic mass is 16.6. The van der Waals surface area contributed by atoms with Gasteiger partial charge in [0.1, 0.15) is 12.2 Å². The molecule has 0 fully saturated rings. The molecular formula is C13H11N3O4. The summed E-state index contributed by atoms with van der Waals surface area (Å²) >= 11 is 0. The lowest BCUT2D eigenvalue weighted by Gasteiger charge is -2.14. The number of hydrogen-bond donors (Lipinski definition) is 1. The van der Waals surface area contributed by atoms with Crippen molar-refractivity contribution in [3.8, 4) is 18.4 Å². The summed E-state index contributed by atoms with van der Waals surface area (Å²) in [4.78, 5) is 21.8. The SMILES string of the molecule is C#CC(C)OC(C#N)NC(=O)c1cccc([N+](=O)[O-])c1. The van der Waals surface area contributed by atoms with Crippen molar-refractivity contribution in [2.75, 3.05) is 0 Å². The third kappa shape index (κ3) is 4.09. The van der Waals surface area contributed by atoms with E-state index in [2.05, 4.69) is 11.2 Å². The molecule has 1 amide bonds. The van der Waals surface area contributed by atoms with E-state index in [1.54, 1.807) is 13.0 Å². The number of nitrogens with zero attached hydrogens (tertiary/aromatic N) is 2. The van der Waals surface area contributed by atoms with Gasteiger partial charge in [0.25, 0.3) is 11.6 Å². The van der Waals surface area contributed by atoms with E-state index in [-0.39, 0.29) is 11.3 Å². The van der Waals surface area contributed by atoms with E-state index in [0.717, 1.165) is 6.07 Å². The van der Waals surface area contributed by atoms with Gasteiger partial charge in [0.15, 0.2) is 0 Å². The number of nitriles is 1. The minimum Gasteiger partial charge on any atom is -0.329 e. The summed E-state index contributed by atoms with van der Waals surface area (Å²) in [6.45, 7) is 1.55. The highest BCUT2D eigenvalue weighted by Crippen LogP contribution is 2.13. The van der Waals surface area contributed by atoms with Crippen molar-refractivity contribution >= 4 is 11.6 Å². The monoisotopic (exact) mass is 273 g/mol. The molecule has 0 aliphatic rings. The standard InChI is InChI=1S/C13H11N3O4/c1-3-9(2)20-12(8-14)15-13(17)10-5-4-6-11(7-10)16(18)19/h1,4-7,9,12H,2H3,(H,15,17). The smallest absolute Gasteiger partial charge is 0.270 e. The first kappa shape index (κ1) is 15.2. The fourth-order valence-corrected chi connectivity index (χ4v) is 1.30. The predicted octanol–water partition coefficient (Wildman–Crippen LogP) is 1.21. The Morgan fingerprint density at radius 2 is 2.30 bits per heavy atom. The summed E-state index contributed by atoms with van der Waals surface area (Å²) in [6.07, 6.45) is 3.22. The molecule has 20 heavy (non-hydrogen) atoms. The molecule has 0 saturated heterocycles. The molecule has 1 aromatic rings. The number of terminal acetylenes is 1. The number of carbonyl (C=O) groups excluding carboxylic acids is 1. The lowest BCUT2D eigenvalue weighted by atomic mass is 10.2. The number of benzene rings is 1. The molecule has 102 valence electrons. The molecule has 0 heterocycles. The molecule has 0 aliphatic heterocycles. The van der Waals surface area contributed by atoms with Gasteiger partial charge in [0, 0.05) is 17.7 Å². The molecule has 0 saturated carbocycles. The van der Waals surface area contributed by atoms with Gasteiger partial charge >= 0.3 is 0 Å². The Morgan fingerprint density at radius 3 is 2.85 bits per heavy atom. The van der Waals surface area contributed by atoms with Gasteiger partial charge in [0.05, 0.1) is 4.92 Å². The average Bonchev–Trinajstić information content (AvgIpc) is 2.46. The average molecular weight is 273 g/mol. The van der Waals surface area contributed by atoms with E-state index >= 15 is 0 Å². The molecule has 0 radical (unpaired) electrons.